The molecule has 2 aromatic heterocycles. The van der Waals surface area contributed by atoms with Gasteiger partial charge in [0.15, 0.2) is 0 Å². The summed E-state index contributed by atoms with van der Waals surface area (Å²) in [5.74, 6) is 0. The minimum Gasteiger partial charge on any atom is -0.264 e. The van der Waals surface area contributed by atoms with Crippen LogP contribution in [-0.2, 0) is 26.6 Å². The maximum atomic E-state index is 12.9. The summed E-state index contributed by atoms with van der Waals surface area (Å²) in [4.78, 5) is 3.97. The van der Waals surface area contributed by atoms with Gasteiger partial charge in [0.2, 0.25) is 10.0 Å². The first-order chi connectivity index (χ1) is 12.7. The predicted molar refractivity (Wildman–Crippen MR) is 101 cm³/mol. The maximum absolute atomic E-state index is 12.9. The molecule has 0 unspecified atom stereocenters. The highest BCUT2D eigenvalue weighted by atomic mass is 32.2. The standard InChI is InChI=1S/C18H19N3O4S2/c1-14-11-18(26(22,23)20-13-16-7-6-10-19-12-16)15(2)21(14)27(24,25)17-8-4-3-5-9-17/h3-12,20H,13H2,1-2H3. The van der Waals surface area contributed by atoms with E-state index in [4.69, 9.17) is 0 Å². The van der Waals surface area contributed by atoms with Crippen LogP contribution in [0.2, 0.25) is 0 Å². The van der Waals surface area contributed by atoms with Crippen LogP contribution in [0.25, 0.3) is 0 Å². The molecular formula is C18H19N3O4S2. The smallest absolute Gasteiger partial charge is 0.264 e. The number of nitrogens with one attached hydrogen (secondary N) is 1. The molecule has 7 nitrogen and oxygen atoms in total. The van der Waals surface area contributed by atoms with Gasteiger partial charge in [0.1, 0.15) is 4.90 Å². The zero-order chi connectivity index (χ0) is 19.7. The van der Waals surface area contributed by atoms with Gasteiger partial charge in [-0.25, -0.2) is 25.5 Å². The second-order valence-electron chi connectivity index (χ2n) is 6.00. The first-order valence-corrected chi connectivity index (χ1v) is 11.0. The van der Waals surface area contributed by atoms with Crippen molar-refractivity contribution in [2.75, 3.05) is 0 Å². The second kappa shape index (κ2) is 7.26. The highest BCUT2D eigenvalue weighted by molar-refractivity contribution is 7.90. The Morgan fingerprint density at radius 1 is 1.00 bits per heavy atom. The molecule has 0 fully saturated rings. The fourth-order valence-electron chi connectivity index (χ4n) is 2.82. The van der Waals surface area contributed by atoms with Gasteiger partial charge >= 0.3 is 0 Å². The summed E-state index contributed by atoms with van der Waals surface area (Å²) in [6.45, 7) is 3.10. The predicted octanol–water partition coefficient (Wildman–Crippen LogP) is 2.22. The molecule has 0 atom stereocenters. The molecule has 0 aliphatic rings. The van der Waals surface area contributed by atoms with E-state index in [9.17, 15) is 16.8 Å². The zero-order valence-electron chi connectivity index (χ0n) is 14.8. The highest BCUT2D eigenvalue weighted by Crippen LogP contribution is 2.25. The lowest BCUT2D eigenvalue weighted by molar-refractivity contribution is 0.579. The molecule has 0 spiro atoms. The zero-order valence-corrected chi connectivity index (χ0v) is 16.5. The molecule has 27 heavy (non-hydrogen) atoms. The van der Waals surface area contributed by atoms with Crippen molar-refractivity contribution in [2.45, 2.75) is 30.2 Å². The Bertz CT molecular complexity index is 1150. The first kappa shape index (κ1) is 19.3. The lowest BCUT2D eigenvalue weighted by Gasteiger charge is -2.11. The molecule has 0 saturated carbocycles. The average Bonchev–Trinajstić information content (AvgIpc) is 2.97. The van der Waals surface area contributed by atoms with Crippen LogP contribution in [0.5, 0.6) is 0 Å². The Hall–Kier alpha value is -2.49. The number of hydrogen-bond donors (Lipinski definition) is 1. The quantitative estimate of drug-likeness (QED) is 0.678. The first-order valence-electron chi connectivity index (χ1n) is 8.11. The van der Waals surface area contributed by atoms with Crippen LogP contribution in [0.4, 0.5) is 0 Å². The molecule has 3 rings (SSSR count). The van der Waals surface area contributed by atoms with Crippen LogP contribution in [0, 0.1) is 13.8 Å². The van der Waals surface area contributed by atoms with Crippen molar-refractivity contribution in [1.29, 1.82) is 0 Å². The molecule has 0 radical (unpaired) electrons. The van der Waals surface area contributed by atoms with E-state index in [0.717, 1.165) is 3.97 Å². The summed E-state index contributed by atoms with van der Waals surface area (Å²) in [5.41, 5.74) is 1.15. The van der Waals surface area contributed by atoms with Crippen LogP contribution in [-0.4, -0.2) is 25.8 Å². The molecule has 0 amide bonds. The van der Waals surface area contributed by atoms with Crippen molar-refractivity contribution in [3.8, 4) is 0 Å². The molecule has 142 valence electrons. The van der Waals surface area contributed by atoms with Crippen LogP contribution in [0.3, 0.4) is 0 Å². The van der Waals surface area contributed by atoms with Crippen molar-refractivity contribution in [3.63, 3.8) is 0 Å². The van der Waals surface area contributed by atoms with Gasteiger partial charge < -0.3 is 0 Å². The Labute approximate surface area is 158 Å². The summed E-state index contributed by atoms with van der Waals surface area (Å²) in [6, 6.07) is 12.7. The summed E-state index contributed by atoms with van der Waals surface area (Å²) >= 11 is 0. The Balaban J connectivity index is 1.98. The number of aryl methyl sites for hydroxylation is 1. The average molecular weight is 406 g/mol. The van der Waals surface area contributed by atoms with E-state index in [1.165, 1.54) is 25.1 Å². The molecular weight excluding hydrogens is 386 g/mol. The molecule has 0 aliphatic carbocycles. The monoisotopic (exact) mass is 405 g/mol. The summed E-state index contributed by atoms with van der Waals surface area (Å²) in [6.07, 6.45) is 3.16. The number of aromatic nitrogens is 2. The SMILES string of the molecule is Cc1cc(S(=O)(=O)NCc2cccnc2)c(C)n1S(=O)(=O)c1ccccc1. The normalized spacial score (nSPS) is 12.2. The highest BCUT2D eigenvalue weighted by Gasteiger charge is 2.27. The summed E-state index contributed by atoms with van der Waals surface area (Å²) < 4.78 is 54.8. The molecule has 0 aliphatic heterocycles. The summed E-state index contributed by atoms with van der Waals surface area (Å²) in [7, 11) is -7.79. The number of pyridine rings is 1. The fraction of sp³-hybridized carbons (Fsp3) is 0.167. The fourth-order valence-corrected chi connectivity index (χ4v) is 5.79. The van der Waals surface area contributed by atoms with E-state index in [2.05, 4.69) is 9.71 Å². The topological polar surface area (TPSA) is 98.1 Å². The Morgan fingerprint density at radius 3 is 2.33 bits per heavy atom. The lowest BCUT2D eigenvalue weighted by atomic mass is 10.3. The van der Waals surface area contributed by atoms with Gasteiger partial charge in [0.25, 0.3) is 10.0 Å². The van der Waals surface area contributed by atoms with Gasteiger partial charge in [0, 0.05) is 24.6 Å². The van der Waals surface area contributed by atoms with E-state index < -0.39 is 20.0 Å². The third-order valence-corrected chi connectivity index (χ3v) is 7.51. The van der Waals surface area contributed by atoms with Crippen molar-refractivity contribution in [3.05, 3.63) is 77.9 Å². The summed E-state index contributed by atoms with van der Waals surface area (Å²) in [5, 5.41) is 0. The number of hydrogen-bond acceptors (Lipinski definition) is 5. The second-order valence-corrected chi connectivity index (χ2v) is 9.53. The van der Waals surface area contributed by atoms with E-state index in [1.54, 1.807) is 49.6 Å². The van der Waals surface area contributed by atoms with Crippen molar-refractivity contribution < 1.29 is 16.8 Å². The molecule has 9 heteroatoms. The van der Waals surface area contributed by atoms with E-state index in [1.807, 2.05) is 0 Å². The van der Waals surface area contributed by atoms with Crippen LogP contribution in [0.15, 0.2) is 70.7 Å². The molecule has 2 heterocycles. The minimum atomic E-state index is -3.90. The number of sulfonamides is 1. The largest absolute Gasteiger partial charge is 0.268 e. The third kappa shape index (κ3) is 3.80. The van der Waals surface area contributed by atoms with Crippen LogP contribution in [0.1, 0.15) is 17.0 Å². The number of rotatable bonds is 6. The number of nitrogens with zero attached hydrogens (tertiary/aromatic N) is 2. The van der Waals surface area contributed by atoms with Gasteiger partial charge in [0.05, 0.1) is 10.6 Å². The Kier molecular flexibility index (Phi) is 5.18. The molecule has 1 aromatic carbocycles. The number of benzene rings is 1. The van der Waals surface area contributed by atoms with Gasteiger partial charge in [-0.1, -0.05) is 24.3 Å². The lowest BCUT2D eigenvalue weighted by Crippen LogP contribution is -2.24. The molecule has 3 aromatic rings. The molecule has 0 bridgehead atoms. The molecule has 1 N–H and O–H groups in total. The minimum absolute atomic E-state index is 0.0608. The van der Waals surface area contributed by atoms with Gasteiger partial charge in [-0.05, 0) is 43.7 Å². The van der Waals surface area contributed by atoms with Crippen LogP contribution < -0.4 is 4.72 Å². The molecule has 0 saturated heterocycles. The van der Waals surface area contributed by atoms with Crippen LogP contribution >= 0.6 is 0 Å². The van der Waals surface area contributed by atoms with E-state index in [0.29, 0.717) is 11.3 Å². The van der Waals surface area contributed by atoms with Gasteiger partial charge in [-0.15, -0.1) is 0 Å². The van der Waals surface area contributed by atoms with E-state index >= 15 is 0 Å². The van der Waals surface area contributed by atoms with Crippen molar-refractivity contribution in [2.24, 2.45) is 0 Å². The van der Waals surface area contributed by atoms with Gasteiger partial charge in [-0.3, -0.25) is 4.98 Å². The maximum Gasteiger partial charge on any atom is 0.268 e. The van der Waals surface area contributed by atoms with E-state index in [-0.39, 0.29) is 22.0 Å². The third-order valence-electron chi connectivity index (χ3n) is 4.08. The van der Waals surface area contributed by atoms with Crippen molar-refractivity contribution in [1.82, 2.24) is 13.7 Å². The Morgan fingerprint density at radius 2 is 1.70 bits per heavy atom. The van der Waals surface area contributed by atoms with Gasteiger partial charge in [-0.2, -0.15) is 0 Å². The van der Waals surface area contributed by atoms with Crippen molar-refractivity contribution >= 4 is 20.0 Å².